The first-order valence-corrected chi connectivity index (χ1v) is 6.09. The number of benzene rings is 1. The molecule has 0 aliphatic carbocycles. The zero-order valence-corrected chi connectivity index (χ0v) is 11.1. The second kappa shape index (κ2) is 6.52. The minimum Gasteiger partial charge on any atom is -0.394 e. The van der Waals surface area contributed by atoms with Crippen molar-refractivity contribution >= 4 is 5.91 Å². The van der Waals surface area contributed by atoms with Gasteiger partial charge in [0.2, 0.25) is 0 Å². The normalized spacial score (nSPS) is 15.8. The lowest BCUT2D eigenvalue weighted by Gasteiger charge is -2.28. The highest BCUT2D eigenvalue weighted by Gasteiger charge is 2.32. The van der Waals surface area contributed by atoms with Crippen molar-refractivity contribution in [2.24, 2.45) is 0 Å². The summed E-state index contributed by atoms with van der Waals surface area (Å²) in [6, 6.07) is 8.98. The van der Waals surface area contributed by atoms with Gasteiger partial charge < -0.3 is 15.2 Å². The maximum Gasteiger partial charge on any atom is 0.252 e. The number of nitrogens with one attached hydrogen (secondary N) is 1. The molecule has 2 atom stereocenters. The van der Waals surface area contributed by atoms with Crippen LogP contribution in [0.25, 0.3) is 0 Å². The molecule has 0 aliphatic heterocycles. The minimum absolute atomic E-state index is 0.140. The number of hydrogen-bond donors (Lipinski definition) is 2. The monoisotopic (exact) mass is 251 g/mol. The van der Waals surface area contributed by atoms with Gasteiger partial charge in [-0.15, -0.1) is 0 Å². The van der Waals surface area contributed by atoms with Gasteiger partial charge in [-0.25, -0.2) is 0 Å². The molecule has 0 saturated carbocycles. The summed E-state index contributed by atoms with van der Waals surface area (Å²) in [6.45, 7) is 3.49. The molecule has 0 heterocycles. The maximum atomic E-state index is 12.1. The van der Waals surface area contributed by atoms with Crippen molar-refractivity contribution < 1.29 is 14.6 Å². The Labute approximate surface area is 108 Å². The SMILES string of the molecule is CCC(C)(OC)C(=O)N[C@H](CO)c1ccccc1. The Morgan fingerprint density at radius 3 is 2.50 bits per heavy atom. The molecule has 1 rings (SSSR count). The van der Waals surface area contributed by atoms with Crippen LogP contribution in [-0.4, -0.2) is 30.3 Å². The van der Waals surface area contributed by atoms with Crippen LogP contribution in [0.3, 0.4) is 0 Å². The second-order valence-electron chi connectivity index (χ2n) is 4.41. The van der Waals surface area contributed by atoms with Crippen molar-refractivity contribution in [2.75, 3.05) is 13.7 Å². The van der Waals surface area contributed by atoms with Crippen molar-refractivity contribution in [3.05, 3.63) is 35.9 Å². The van der Waals surface area contributed by atoms with Gasteiger partial charge in [-0.3, -0.25) is 4.79 Å². The van der Waals surface area contributed by atoms with Crippen molar-refractivity contribution in [1.29, 1.82) is 0 Å². The van der Waals surface area contributed by atoms with Gasteiger partial charge >= 0.3 is 0 Å². The maximum absolute atomic E-state index is 12.1. The molecule has 2 N–H and O–H groups in total. The summed E-state index contributed by atoms with van der Waals surface area (Å²) < 4.78 is 5.24. The first-order valence-electron chi connectivity index (χ1n) is 6.09. The van der Waals surface area contributed by atoms with Crippen LogP contribution in [-0.2, 0) is 9.53 Å². The van der Waals surface area contributed by atoms with Crippen LogP contribution < -0.4 is 5.32 Å². The largest absolute Gasteiger partial charge is 0.394 e. The zero-order chi connectivity index (χ0) is 13.6. The number of ether oxygens (including phenoxy) is 1. The third kappa shape index (κ3) is 3.31. The Balaban J connectivity index is 2.79. The Bertz CT molecular complexity index is 374. The molecule has 100 valence electrons. The van der Waals surface area contributed by atoms with Crippen LogP contribution in [0.15, 0.2) is 30.3 Å². The predicted octanol–water partition coefficient (Wildman–Crippen LogP) is 1.65. The topological polar surface area (TPSA) is 58.6 Å². The third-order valence-electron chi connectivity index (χ3n) is 3.30. The van der Waals surface area contributed by atoms with E-state index >= 15 is 0 Å². The lowest BCUT2D eigenvalue weighted by molar-refractivity contribution is -0.143. The molecular formula is C14H21NO3. The Morgan fingerprint density at radius 2 is 2.06 bits per heavy atom. The van der Waals surface area contributed by atoms with Crippen molar-refractivity contribution in [1.82, 2.24) is 5.32 Å². The molecule has 0 bridgehead atoms. The average Bonchev–Trinajstić information content (AvgIpc) is 2.44. The molecule has 0 spiro atoms. The molecule has 0 aliphatic rings. The number of carbonyl (C=O) groups excluding carboxylic acids is 1. The molecule has 1 aromatic carbocycles. The molecule has 4 heteroatoms. The van der Waals surface area contributed by atoms with Crippen LogP contribution in [0.2, 0.25) is 0 Å². The number of rotatable bonds is 6. The van der Waals surface area contributed by atoms with Crippen LogP contribution in [0.5, 0.6) is 0 Å². The van der Waals surface area contributed by atoms with Gasteiger partial charge in [-0.1, -0.05) is 37.3 Å². The number of aliphatic hydroxyl groups excluding tert-OH is 1. The molecular weight excluding hydrogens is 230 g/mol. The van der Waals surface area contributed by atoms with E-state index in [1.54, 1.807) is 6.92 Å². The third-order valence-corrected chi connectivity index (χ3v) is 3.30. The molecule has 0 aromatic heterocycles. The van der Waals surface area contributed by atoms with Crippen LogP contribution in [0.4, 0.5) is 0 Å². The van der Waals surface area contributed by atoms with E-state index in [-0.39, 0.29) is 12.5 Å². The summed E-state index contributed by atoms with van der Waals surface area (Å²) in [5.74, 6) is -0.213. The molecule has 0 fully saturated rings. The smallest absolute Gasteiger partial charge is 0.252 e. The number of amides is 1. The quantitative estimate of drug-likeness (QED) is 0.808. The predicted molar refractivity (Wildman–Crippen MR) is 70.1 cm³/mol. The first kappa shape index (κ1) is 14.7. The molecule has 0 radical (unpaired) electrons. The van der Waals surface area contributed by atoms with E-state index in [0.29, 0.717) is 6.42 Å². The van der Waals surface area contributed by atoms with E-state index < -0.39 is 11.6 Å². The standard InChI is InChI=1S/C14H21NO3/c1-4-14(2,18-3)13(17)15-12(10-16)11-8-6-5-7-9-11/h5-9,12,16H,4,10H2,1-3H3,(H,15,17)/t12-,14?/m1/s1. The minimum atomic E-state index is -0.859. The van der Waals surface area contributed by atoms with Crippen LogP contribution in [0, 0.1) is 0 Å². The Kier molecular flexibility index (Phi) is 5.31. The van der Waals surface area contributed by atoms with Crippen LogP contribution in [0.1, 0.15) is 31.9 Å². The number of methoxy groups -OCH3 is 1. The fraction of sp³-hybridized carbons (Fsp3) is 0.500. The molecule has 4 nitrogen and oxygen atoms in total. The fourth-order valence-corrected chi connectivity index (χ4v) is 1.63. The Morgan fingerprint density at radius 1 is 1.44 bits per heavy atom. The van der Waals surface area contributed by atoms with Crippen molar-refractivity contribution in [3.63, 3.8) is 0 Å². The van der Waals surface area contributed by atoms with E-state index in [9.17, 15) is 9.90 Å². The van der Waals surface area contributed by atoms with Gasteiger partial charge in [0.25, 0.3) is 5.91 Å². The van der Waals surface area contributed by atoms with Gasteiger partial charge in [0, 0.05) is 7.11 Å². The molecule has 1 amide bonds. The van der Waals surface area contributed by atoms with Crippen LogP contribution >= 0.6 is 0 Å². The van der Waals surface area contributed by atoms with Gasteiger partial charge in [0.15, 0.2) is 0 Å². The van der Waals surface area contributed by atoms with E-state index in [0.717, 1.165) is 5.56 Å². The molecule has 1 unspecified atom stereocenters. The molecule has 0 saturated heterocycles. The number of carbonyl (C=O) groups is 1. The van der Waals surface area contributed by atoms with Crippen molar-refractivity contribution in [2.45, 2.75) is 31.9 Å². The van der Waals surface area contributed by atoms with Crippen molar-refractivity contribution in [3.8, 4) is 0 Å². The molecule has 1 aromatic rings. The highest BCUT2D eigenvalue weighted by molar-refractivity contribution is 5.85. The average molecular weight is 251 g/mol. The summed E-state index contributed by atoms with van der Waals surface area (Å²) in [4.78, 5) is 12.1. The molecule has 18 heavy (non-hydrogen) atoms. The van der Waals surface area contributed by atoms with E-state index in [2.05, 4.69) is 5.32 Å². The van der Waals surface area contributed by atoms with Gasteiger partial charge in [0.05, 0.1) is 12.6 Å². The number of hydrogen-bond acceptors (Lipinski definition) is 3. The highest BCUT2D eigenvalue weighted by atomic mass is 16.5. The summed E-state index contributed by atoms with van der Waals surface area (Å²) in [6.07, 6.45) is 0.572. The lowest BCUT2D eigenvalue weighted by Crippen LogP contribution is -2.47. The lowest BCUT2D eigenvalue weighted by atomic mass is 10.0. The number of aliphatic hydroxyl groups is 1. The van der Waals surface area contributed by atoms with E-state index in [4.69, 9.17) is 4.74 Å². The summed E-state index contributed by atoms with van der Waals surface area (Å²) in [5.41, 5.74) is 0.0188. The highest BCUT2D eigenvalue weighted by Crippen LogP contribution is 2.18. The van der Waals surface area contributed by atoms with E-state index in [1.165, 1.54) is 7.11 Å². The van der Waals surface area contributed by atoms with Gasteiger partial charge in [-0.05, 0) is 18.9 Å². The van der Waals surface area contributed by atoms with E-state index in [1.807, 2.05) is 37.3 Å². The summed E-state index contributed by atoms with van der Waals surface area (Å²) >= 11 is 0. The summed E-state index contributed by atoms with van der Waals surface area (Å²) in [5, 5.41) is 12.2. The zero-order valence-electron chi connectivity index (χ0n) is 11.1. The Hall–Kier alpha value is -1.39. The summed E-state index contributed by atoms with van der Waals surface area (Å²) in [7, 11) is 1.51. The van der Waals surface area contributed by atoms with Gasteiger partial charge in [-0.2, -0.15) is 0 Å². The fourth-order valence-electron chi connectivity index (χ4n) is 1.63. The second-order valence-corrected chi connectivity index (χ2v) is 4.41. The first-order chi connectivity index (χ1) is 8.57. The van der Waals surface area contributed by atoms with Gasteiger partial charge in [0.1, 0.15) is 5.60 Å².